The van der Waals surface area contributed by atoms with Crippen molar-refractivity contribution in [3.63, 3.8) is 0 Å². The molecule has 0 aliphatic carbocycles. The van der Waals surface area contributed by atoms with E-state index in [1.54, 1.807) is 19.0 Å². The number of carbonyl (C=O) groups is 2. The highest BCUT2D eigenvalue weighted by molar-refractivity contribution is 6.08. The van der Waals surface area contributed by atoms with Gasteiger partial charge in [-0.15, -0.1) is 0 Å². The monoisotopic (exact) mass is 231 g/mol. The van der Waals surface area contributed by atoms with E-state index in [1.165, 1.54) is 4.90 Å². The highest BCUT2D eigenvalue weighted by Crippen LogP contribution is 2.32. The zero-order valence-electron chi connectivity index (χ0n) is 9.68. The highest BCUT2D eigenvalue weighted by atomic mass is 16.2. The fourth-order valence-corrected chi connectivity index (χ4v) is 1.87. The van der Waals surface area contributed by atoms with E-state index < -0.39 is 11.9 Å². The predicted octanol–water partition coefficient (Wildman–Crippen LogP) is 0.0344. The molecule has 0 spiro atoms. The van der Waals surface area contributed by atoms with Gasteiger partial charge in [0.1, 0.15) is 12.5 Å². The summed E-state index contributed by atoms with van der Waals surface area (Å²) in [4.78, 5) is 26.2. The van der Waals surface area contributed by atoms with Crippen LogP contribution in [0.1, 0.15) is 0 Å². The predicted molar refractivity (Wildman–Crippen MR) is 64.5 cm³/mol. The Bertz CT molecular complexity index is 473. The first-order chi connectivity index (χ1) is 8.02. The van der Waals surface area contributed by atoms with E-state index in [0.717, 1.165) is 11.4 Å². The van der Waals surface area contributed by atoms with Crippen LogP contribution in [0.25, 0.3) is 0 Å². The number of para-hydroxylation sites is 2. The molecule has 2 N–H and O–H groups in total. The molecule has 17 heavy (non-hydrogen) atoms. The number of nitrogens with zero attached hydrogens (tertiary/aromatic N) is 2. The summed E-state index contributed by atoms with van der Waals surface area (Å²) in [7, 11) is 3.36. The van der Waals surface area contributed by atoms with E-state index >= 15 is 0 Å². The maximum absolute atomic E-state index is 11.8. The van der Waals surface area contributed by atoms with Crippen LogP contribution in [-0.4, -0.2) is 32.0 Å². The molecule has 88 valence electrons. The Kier molecular flexibility index (Phi) is 2.75. The molecule has 1 aliphatic heterocycles. The molecule has 1 unspecified atom stereocenters. The summed E-state index contributed by atoms with van der Waals surface area (Å²) in [6, 6.07) is 6.49. The fourth-order valence-electron chi connectivity index (χ4n) is 1.87. The maximum Gasteiger partial charge on any atom is 0.241 e. The third kappa shape index (κ3) is 1.84. The topological polar surface area (TPSA) is 66.6 Å². The molecule has 0 saturated carbocycles. The van der Waals surface area contributed by atoms with Crippen LogP contribution in [0.5, 0.6) is 0 Å². The Labute approximate surface area is 99.8 Å². The third-order valence-corrected chi connectivity index (χ3v) is 2.84. The van der Waals surface area contributed by atoms with Gasteiger partial charge in [0.2, 0.25) is 11.8 Å². The number of hydrogen-bond acceptors (Lipinski definition) is 3. The van der Waals surface area contributed by atoms with Crippen LogP contribution in [0, 0.1) is 6.42 Å². The van der Waals surface area contributed by atoms with Gasteiger partial charge in [0.05, 0.1) is 11.4 Å². The molecule has 0 bridgehead atoms. The fraction of sp³-hybridized carbons (Fsp3) is 0.250. The molecule has 0 fully saturated rings. The van der Waals surface area contributed by atoms with E-state index in [1.807, 2.05) is 24.3 Å². The Balaban J connectivity index is 2.54. The first-order valence-electron chi connectivity index (χ1n) is 5.18. The summed E-state index contributed by atoms with van der Waals surface area (Å²) in [5.74, 6) is -0.948. The van der Waals surface area contributed by atoms with Gasteiger partial charge in [0, 0.05) is 14.1 Å². The normalized spacial score (nSPS) is 19.9. The van der Waals surface area contributed by atoms with Crippen LogP contribution < -0.4 is 15.5 Å². The van der Waals surface area contributed by atoms with Gasteiger partial charge >= 0.3 is 0 Å². The molecule has 5 nitrogen and oxygen atoms in total. The first-order valence-corrected chi connectivity index (χ1v) is 5.18. The molecule has 0 aromatic heterocycles. The lowest BCUT2D eigenvalue weighted by Crippen LogP contribution is -2.44. The second-order valence-electron chi connectivity index (χ2n) is 3.91. The Hall–Kier alpha value is -2.04. The number of amides is 2. The standard InChI is InChI=1S/C12H13N3O2/c1-14-8-5-3-4-6-9(8)15(2)11(16)7-10(14)12(13)17/h3-6,10H,1-2H3,(H2,13,17). The van der Waals surface area contributed by atoms with Crippen molar-refractivity contribution in [2.45, 2.75) is 6.04 Å². The van der Waals surface area contributed by atoms with Crippen LogP contribution in [0.3, 0.4) is 0 Å². The minimum Gasteiger partial charge on any atom is -0.368 e. The van der Waals surface area contributed by atoms with Crippen LogP contribution in [0.2, 0.25) is 0 Å². The van der Waals surface area contributed by atoms with Crippen molar-refractivity contribution in [2.24, 2.45) is 5.73 Å². The summed E-state index contributed by atoms with van der Waals surface area (Å²) in [6.07, 6.45) is 2.56. The summed E-state index contributed by atoms with van der Waals surface area (Å²) in [6.45, 7) is 0. The van der Waals surface area contributed by atoms with Gasteiger partial charge in [0.15, 0.2) is 0 Å². The molecule has 5 heteroatoms. The van der Waals surface area contributed by atoms with Crippen molar-refractivity contribution in [3.05, 3.63) is 30.7 Å². The second-order valence-corrected chi connectivity index (χ2v) is 3.91. The number of anilines is 2. The van der Waals surface area contributed by atoms with Crippen LogP contribution in [0.15, 0.2) is 24.3 Å². The van der Waals surface area contributed by atoms with Crippen molar-refractivity contribution in [1.29, 1.82) is 0 Å². The quantitative estimate of drug-likeness (QED) is 0.741. The lowest BCUT2D eigenvalue weighted by atomic mass is 10.1. The maximum atomic E-state index is 11.8. The van der Waals surface area contributed by atoms with E-state index in [4.69, 9.17) is 5.73 Å². The highest BCUT2D eigenvalue weighted by Gasteiger charge is 2.32. The van der Waals surface area contributed by atoms with E-state index in [9.17, 15) is 9.59 Å². The van der Waals surface area contributed by atoms with E-state index in [2.05, 4.69) is 6.42 Å². The lowest BCUT2D eigenvalue weighted by molar-refractivity contribution is -0.121. The van der Waals surface area contributed by atoms with Gasteiger partial charge in [-0.05, 0) is 12.1 Å². The molecule has 2 amide bonds. The van der Waals surface area contributed by atoms with Gasteiger partial charge in [-0.1, -0.05) is 12.1 Å². The van der Waals surface area contributed by atoms with E-state index in [0.29, 0.717) is 0 Å². The van der Waals surface area contributed by atoms with Crippen molar-refractivity contribution in [2.75, 3.05) is 23.9 Å². The molecule has 2 rings (SSSR count). The van der Waals surface area contributed by atoms with Crippen molar-refractivity contribution < 1.29 is 9.59 Å². The first kappa shape index (κ1) is 11.4. The minimum absolute atomic E-state index is 0.356. The average molecular weight is 231 g/mol. The number of carbonyl (C=O) groups excluding carboxylic acids is 2. The van der Waals surface area contributed by atoms with Gasteiger partial charge in [-0.2, -0.15) is 0 Å². The number of fused-ring (bicyclic) bond motifs is 1. The molecule has 1 aromatic rings. The van der Waals surface area contributed by atoms with Crippen molar-refractivity contribution in [3.8, 4) is 0 Å². The minimum atomic E-state index is -0.839. The smallest absolute Gasteiger partial charge is 0.241 e. The van der Waals surface area contributed by atoms with Gasteiger partial charge in [-0.25, -0.2) is 0 Å². The molecule has 1 heterocycles. The van der Waals surface area contributed by atoms with Crippen LogP contribution in [0.4, 0.5) is 11.4 Å². The summed E-state index contributed by atoms with van der Waals surface area (Å²) in [5, 5.41) is 0. The lowest BCUT2D eigenvalue weighted by Gasteiger charge is -2.25. The SMILES string of the molecule is CN1C(=O)[C]C(C(N)=O)N(C)c2ccccc21. The van der Waals surface area contributed by atoms with E-state index in [-0.39, 0.29) is 5.91 Å². The van der Waals surface area contributed by atoms with Crippen molar-refractivity contribution in [1.82, 2.24) is 0 Å². The zero-order valence-corrected chi connectivity index (χ0v) is 9.68. The Morgan fingerprint density at radius 1 is 1.29 bits per heavy atom. The summed E-state index contributed by atoms with van der Waals surface area (Å²) in [5.41, 5.74) is 6.79. The number of primary amides is 1. The Morgan fingerprint density at radius 3 is 2.47 bits per heavy atom. The average Bonchev–Trinajstić information content (AvgIpc) is 2.41. The number of hydrogen-bond donors (Lipinski definition) is 1. The molecular formula is C12H13N3O2. The largest absolute Gasteiger partial charge is 0.368 e. The second kappa shape index (κ2) is 4.08. The molecule has 1 aromatic carbocycles. The summed E-state index contributed by atoms with van der Waals surface area (Å²) >= 11 is 0. The number of nitrogens with two attached hydrogens (primary N) is 1. The van der Waals surface area contributed by atoms with Gasteiger partial charge in [-0.3, -0.25) is 9.59 Å². The Morgan fingerprint density at radius 2 is 1.88 bits per heavy atom. The van der Waals surface area contributed by atoms with Gasteiger partial charge < -0.3 is 15.5 Å². The van der Waals surface area contributed by atoms with Crippen LogP contribution in [-0.2, 0) is 9.59 Å². The number of rotatable bonds is 1. The molecular weight excluding hydrogens is 218 g/mol. The molecule has 1 aliphatic rings. The number of likely N-dealkylation sites (N-methyl/N-ethyl adjacent to an activating group) is 1. The summed E-state index contributed by atoms with van der Waals surface area (Å²) < 4.78 is 0. The number of benzene rings is 1. The van der Waals surface area contributed by atoms with Gasteiger partial charge in [0.25, 0.3) is 0 Å². The zero-order chi connectivity index (χ0) is 12.6. The third-order valence-electron chi connectivity index (χ3n) is 2.84. The molecule has 1 atom stereocenters. The van der Waals surface area contributed by atoms with Crippen molar-refractivity contribution >= 4 is 23.2 Å². The van der Waals surface area contributed by atoms with Crippen LogP contribution >= 0.6 is 0 Å². The molecule has 0 saturated heterocycles. The molecule has 2 radical (unpaired) electrons.